The van der Waals surface area contributed by atoms with Crippen LogP contribution >= 0.6 is 0 Å². The number of hydrogen-bond acceptors (Lipinski definition) is 2. The minimum Gasteiger partial charge on any atom is -0.315 e. The van der Waals surface area contributed by atoms with Crippen LogP contribution in [0.5, 0.6) is 0 Å². The van der Waals surface area contributed by atoms with Gasteiger partial charge in [0.15, 0.2) is 0 Å². The lowest BCUT2D eigenvalue weighted by atomic mass is 9.71. The van der Waals surface area contributed by atoms with E-state index in [2.05, 4.69) is 44.9 Å². The van der Waals surface area contributed by atoms with Crippen LogP contribution in [0.2, 0.25) is 0 Å². The number of nitrogens with zero attached hydrogens (tertiary/aromatic N) is 1. The summed E-state index contributed by atoms with van der Waals surface area (Å²) in [7, 11) is 6.60. The molecule has 0 aromatic heterocycles. The zero-order valence-electron chi connectivity index (χ0n) is 12.1. The summed E-state index contributed by atoms with van der Waals surface area (Å²) in [5.41, 5.74) is 0.351. The molecule has 100 valence electrons. The van der Waals surface area contributed by atoms with Gasteiger partial charge in [-0.2, -0.15) is 0 Å². The van der Waals surface area contributed by atoms with Gasteiger partial charge in [0.25, 0.3) is 0 Å². The van der Waals surface area contributed by atoms with Gasteiger partial charge < -0.3 is 10.2 Å². The first-order valence-corrected chi connectivity index (χ1v) is 7.02. The standard InChI is InChI=1S/C15H30N2/c1-6-7-8-14(16-3)15(17(4)5)11-9-13(2)10-12-15/h6,13-14,16H,1,7-12H2,2-5H3. The van der Waals surface area contributed by atoms with Crippen LogP contribution in [0.3, 0.4) is 0 Å². The topological polar surface area (TPSA) is 15.3 Å². The molecule has 1 unspecified atom stereocenters. The van der Waals surface area contributed by atoms with Crippen molar-refractivity contribution in [2.75, 3.05) is 21.1 Å². The molecule has 1 saturated carbocycles. The van der Waals surface area contributed by atoms with Crippen molar-refractivity contribution in [2.24, 2.45) is 5.92 Å². The van der Waals surface area contributed by atoms with E-state index >= 15 is 0 Å². The monoisotopic (exact) mass is 238 g/mol. The number of likely N-dealkylation sites (N-methyl/N-ethyl adjacent to an activating group) is 2. The van der Waals surface area contributed by atoms with Crippen molar-refractivity contribution >= 4 is 0 Å². The maximum Gasteiger partial charge on any atom is 0.0356 e. The molecule has 17 heavy (non-hydrogen) atoms. The van der Waals surface area contributed by atoms with Crippen LogP contribution in [0, 0.1) is 5.92 Å². The van der Waals surface area contributed by atoms with E-state index in [4.69, 9.17) is 0 Å². The summed E-state index contributed by atoms with van der Waals surface area (Å²) >= 11 is 0. The SMILES string of the molecule is C=CCCC(NC)C1(N(C)C)CCC(C)CC1. The quantitative estimate of drug-likeness (QED) is 0.716. The molecule has 0 saturated heterocycles. The fraction of sp³-hybridized carbons (Fsp3) is 0.867. The molecule has 0 heterocycles. The fourth-order valence-electron chi connectivity index (χ4n) is 3.34. The highest BCUT2D eigenvalue weighted by Gasteiger charge is 2.41. The van der Waals surface area contributed by atoms with E-state index in [-0.39, 0.29) is 0 Å². The highest BCUT2D eigenvalue weighted by molar-refractivity contribution is 5.01. The van der Waals surface area contributed by atoms with Crippen LogP contribution in [-0.2, 0) is 0 Å². The molecule has 0 bridgehead atoms. The van der Waals surface area contributed by atoms with Gasteiger partial charge in [-0.05, 0) is 65.6 Å². The van der Waals surface area contributed by atoms with Crippen molar-refractivity contribution in [1.29, 1.82) is 0 Å². The van der Waals surface area contributed by atoms with Crippen molar-refractivity contribution in [3.63, 3.8) is 0 Å². The third-order valence-electron chi connectivity index (χ3n) is 4.69. The molecule has 0 amide bonds. The second-order valence-electron chi connectivity index (χ2n) is 5.89. The van der Waals surface area contributed by atoms with Crippen LogP contribution in [0.15, 0.2) is 12.7 Å². The van der Waals surface area contributed by atoms with Crippen LogP contribution < -0.4 is 5.32 Å². The van der Waals surface area contributed by atoms with E-state index in [1.807, 2.05) is 6.08 Å². The predicted molar refractivity (Wildman–Crippen MR) is 76.3 cm³/mol. The van der Waals surface area contributed by atoms with E-state index in [0.29, 0.717) is 11.6 Å². The Bertz CT molecular complexity index is 227. The molecular formula is C15H30N2. The molecular weight excluding hydrogens is 208 g/mol. The average Bonchev–Trinajstić information content (AvgIpc) is 2.32. The Morgan fingerprint density at radius 2 is 2.00 bits per heavy atom. The molecule has 0 aromatic carbocycles. The number of allylic oxidation sites excluding steroid dienone is 1. The van der Waals surface area contributed by atoms with Gasteiger partial charge in [0, 0.05) is 11.6 Å². The summed E-state index contributed by atoms with van der Waals surface area (Å²) in [4.78, 5) is 2.46. The molecule has 1 N–H and O–H groups in total. The van der Waals surface area contributed by atoms with Crippen molar-refractivity contribution in [1.82, 2.24) is 10.2 Å². The second-order valence-corrected chi connectivity index (χ2v) is 5.89. The lowest BCUT2D eigenvalue weighted by Crippen LogP contribution is -2.59. The molecule has 1 aliphatic rings. The lowest BCUT2D eigenvalue weighted by Gasteiger charge is -2.49. The molecule has 2 heteroatoms. The number of hydrogen-bond donors (Lipinski definition) is 1. The summed E-state index contributed by atoms with van der Waals surface area (Å²) in [6.45, 7) is 6.24. The van der Waals surface area contributed by atoms with Crippen LogP contribution in [0.1, 0.15) is 45.4 Å². The first-order chi connectivity index (χ1) is 8.06. The minimum absolute atomic E-state index is 0.351. The van der Waals surface area contributed by atoms with E-state index in [1.54, 1.807) is 0 Å². The smallest absolute Gasteiger partial charge is 0.0356 e. The Morgan fingerprint density at radius 1 is 1.41 bits per heavy atom. The molecule has 1 atom stereocenters. The van der Waals surface area contributed by atoms with Gasteiger partial charge in [-0.1, -0.05) is 13.0 Å². The second kappa shape index (κ2) is 6.55. The molecule has 0 radical (unpaired) electrons. The van der Waals surface area contributed by atoms with Gasteiger partial charge in [-0.3, -0.25) is 0 Å². The third kappa shape index (κ3) is 3.32. The van der Waals surface area contributed by atoms with Gasteiger partial charge >= 0.3 is 0 Å². The maximum absolute atomic E-state index is 3.85. The number of nitrogens with one attached hydrogen (secondary N) is 1. The zero-order chi connectivity index (χ0) is 12.9. The third-order valence-corrected chi connectivity index (χ3v) is 4.69. The van der Waals surface area contributed by atoms with E-state index in [9.17, 15) is 0 Å². The summed E-state index contributed by atoms with van der Waals surface area (Å²) in [5, 5.41) is 3.55. The van der Waals surface area contributed by atoms with Crippen molar-refractivity contribution in [3.8, 4) is 0 Å². The van der Waals surface area contributed by atoms with Crippen LogP contribution in [-0.4, -0.2) is 37.6 Å². The molecule has 0 aliphatic heterocycles. The van der Waals surface area contributed by atoms with E-state index < -0.39 is 0 Å². The average molecular weight is 238 g/mol. The first-order valence-electron chi connectivity index (χ1n) is 7.02. The Hall–Kier alpha value is -0.340. The minimum atomic E-state index is 0.351. The fourth-order valence-corrected chi connectivity index (χ4v) is 3.34. The maximum atomic E-state index is 3.85. The normalized spacial score (nSPS) is 31.5. The zero-order valence-corrected chi connectivity index (χ0v) is 12.1. The summed E-state index contributed by atoms with van der Waals surface area (Å²) < 4.78 is 0. The van der Waals surface area contributed by atoms with E-state index in [0.717, 1.165) is 12.3 Å². The summed E-state index contributed by atoms with van der Waals surface area (Å²) in [6.07, 6.45) is 9.73. The molecule has 2 nitrogen and oxygen atoms in total. The highest BCUT2D eigenvalue weighted by Crippen LogP contribution is 2.38. The van der Waals surface area contributed by atoms with Gasteiger partial charge in [-0.15, -0.1) is 6.58 Å². The predicted octanol–water partition coefficient (Wildman–Crippen LogP) is 3.05. The Balaban J connectivity index is 2.77. The Labute approximate surface area is 107 Å². The molecule has 0 aromatic rings. The van der Waals surface area contributed by atoms with E-state index in [1.165, 1.54) is 32.1 Å². The van der Waals surface area contributed by atoms with Gasteiger partial charge in [0.05, 0.1) is 0 Å². The largest absolute Gasteiger partial charge is 0.315 e. The van der Waals surface area contributed by atoms with Crippen molar-refractivity contribution in [3.05, 3.63) is 12.7 Å². The highest BCUT2D eigenvalue weighted by atomic mass is 15.2. The van der Waals surface area contributed by atoms with Gasteiger partial charge in [0.1, 0.15) is 0 Å². The van der Waals surface area contributed by atoms with Gasteiger partial charge in [0.2, 0.25) is 0 Å². The molecule has 0 spiro atoms. The van der Waals surface area contributed by atoms with Crippen molar-refractivity contribution < 1.29 is 0 Å². The van der Waals surface area contributed by atoms with Crippen molar-refractivity contribution in [2.45, 2.75) is 57.0 Å². The lowest BCUT2D eigenvalue weighted by molar-refractivity contribution is 0.0434. The summed E-state index contributed by atoms with van der Waals surface area (Å²) in [6, 6.07) is 0.586. The molecule has 1 rings (SSSR count). The van der Waals surface area contributed by atoms with Crippen LogP contribution in [0.4, 0.5) is 0 Å². The number of rotatable bonds is 6. The summed E-state index contributed by atoms with van der Waals surface area (Å²) in [5.74, 6) is 0.903. The van der Waals surface area contributed by atoms with Gasteiger partial charge in [-0.25, -0.2) is 0 Å². The Morgan fingerprint density at radius 3 is 2.41 bits per heavy atom. The molecule has 1 aliphatic carbocycles. The van der Waals surface area contributed by atoms with Crippen LogP contribution in [0.25, 0.3) is 0 Å². The first kappa shape index (κ1) is 14.7. The molecule has 1 fully saturated rings. The Kier molecular flexibility index (Phi) is 5.68.